The second kappa shape index (κ2) is 3.97. The van der Waals surface area contributed by atoms with Gasteiger partial charge in [-0.1, -0.05) is 34.1 Å². The zero-order valence-corrected chi connectivity index (χ0v) is 9.47. The fraction of sp³-hybridized carbons (Fsp3) is 0.0909. The summed E-state index contributed by atoms with van der Waals surface area (Å²) in [6, 6.07) is 9.63. The molecule has 0 heterocycles. The summed E-state index contributed by atoms with van der Waals surface area (Å²) >= 11 is 3.21. The Hall–Kier alpha value is -1.23. The molecular formula is C11H6BrF3O. The summed E-state index contributed by atoms with van der Waals surface area (Å²) in [6.45, 7) is 0. The lowest BCUT2D eigenvalue weighted by Gasteiger charge is -2.11. The SMILES string of the molecule is FC(F)(F)Oc1cccc2ccc(Br)cc12. The van der Waals surface area contributed by atoms with E-state index < -0.39 is 6.36 Å². The van der Waals surface area contributed by atoms with Gasteiger partial charge in [0.1, 0.15) is 5.75 Å². The number of benzene rings is 2. The van der Waals surface area contributed by atoms with Crippen LogP contribution in [0.3, 0.4) is 0 Å². The average molecular weight is 291 g/mol. The maximum Gasteiger partial charge on any atom is 0.573 e. The number of halogens is 4. The quantitative estimate of drug-likeness (QED) is 0.751. The van der Waals surface area contributed by atoms with E-state index >= 15 is 0 Å². The van der Waals surface area contributed by atoms with Gasteiger partial charge in [0.2, 0.25) is 0 Å². The van der Waals surface area contributed by atoms with Crippen molar-refractivity contribution in [2.45, 2.75) is 6.36 Å². The molecule has 0 aromatic heterocycles. The van der Waals surface area contributed by atoms with Crippen LogP contribution in [0.1, 0.15) is 0 Å². The van der Waals surface area contributed by atoms with Crippen molar-refractivity contribution in [1.82, 2.24) is 0 Å². The van der Waals surface area contributed by atoms with Gasteiger partial charge in [-0.15, -0.1) is 13.2 Å². The highest BCUT2D eigenvalue weighted by Gasteiger charge is 2.31. The zero-order chi connectivity index (χ0) is 11.8. The van der Waals surface area contributed by atoms with E-state index in [2.05, 4.69) is 20.7 Å². The third-order valence-electron chi connectivity index (χ3n) is 2.03. The highest BCUT2D eigenvalue weighted by Crippen LogP contribution is 2.32. The third-order valence-corrected chi connectivity index (χ3v) is 2.52. The maximum absolute atomic E-state index is 12.1. The van der Waals surface area contributed by atoms with Crippen LogP contribution in [0.2, 0.25) is 0 Å². The Labute approximate surface area is 98.0 Å². The Morgan fingerprint density at radius 1 is 1.06 bits per heavy atom. The highest BCUT2D eigenvalue weighted by atomic mass is 79.9. The number of ether oxygens (including phenoxy) is 1. The zero-order valence-electron chi connectivity index (χ0n) is 7.88. The van der Waals surface area contributed by atoms with E-state index in [-0.39, 0.29) is 5.75 Å². The van der Waals surface area contributed by atoms with E-state index in [1.165, 1.54) is 12.1 Å². The van der Waals surface area contributed by atoms with Crippen molar-refractivity contribution in [3.63, 3.8) is 0 Å². The molecule has 0 aliphatic rings. The second-order valence-corrected chi connectivity index (χ2v) is 4.09. The molecule has 5 heteroatoms. The highest BCUT2D eigenvalue weighted by molar-refractivity contribution is 9.10. The molecule has 0 unspecified atom stereocenters. The molecule has 0 saturated heterocycles. The number of hydrogen-bond acceptors (Lipinski definition) is 1. The lowest BCUT2D eigenvalue weighted by Crippen LogP contribution is -2.17. The van der Waals surface area contributed by atoms with E-state index in [1.807, 2.05) is 0 Å². The van der Waals surface area contributed by atoms with Gasteiger partial charge in [0.05, 0.1) is 0 Å². The summed E-state index contributed by atoms with van der Waals surface area (Å²) < 4.78 is 41.1. The fourth-order valence-electron chi connectivity index (χ4n) is 1.43. The van der Waals surface area contributed by atoms with Gasteiger partial charge in [0, 0.05) is 9.86 Å². The molecule has 0 radical (unpaired) electrons. The summed E-state index contributed by atoms with van der Waals surface area (Å²) in [6.07, 6.45) is -4.67. The van der Waals surface area contributed by atoms with Crippen molar-refractivity contribution in [3.05, 3.63) is 40.9 Å². The molecule has 1 nitrogen and oxygen atoms in total. The number of hydrogen-bond donors (Lipinski definition) is 0. The Morgan fingerprint density at radius 3 is 2.50 bits per heavy atom. The molecule has 84 valence electrons. The van der Waals surface area contributed by atoms with Crippen LogP contribution >= 0.6 is 15.9 Å². The van der Waals surface area contributed by atoms with Gasteiger partial charge in [0.15, 0.2) is 0 Å². The molecule has 0 bridgehead atoms. The van der Waals surface area contributed by atoms with E-state index in [4.69, 9.17) is 0 Å². The second-order valence-electron chi connectivity index (χ2n) is 3.17. The summed E-state index contributed by atoms with van der Waals surface area (Å²) in [5.41, 5.74) is 0. The molecule has 0 N–H and O–H groups in total. The molecule has 0 aliphatic heterocycles. The van der Waals surface area contributed by atoms with Crippen LogP contribution in [-0.2, 0) is 0 Å². The van der Waals surface area contributed by atoms with Gasteiger partial charge >= 0.3 is 6.36 Å². The lowest BCUT2D eigenvalue weighted by atomic mass is 10.1. The van der Waals surface area contributed by atoms with Crippen LogP contribution in [-0.4, -0.2) is 6.36 Å². The van der Waals surface area contributed by atoms with Crippen molar-refractivity contribution in [1.29, 1.82) is 0 Å². The van der Waals surface area contributed by atoms with E-state index in [9.17, 15) is 13.2 Å². The first-order valence-corrected chi connectivity index (χ1v) is 5.19. The van der Waals surface area contributed by atoms with Gasteiger partial charge in [-0.25, -0.2) is 0 Å². The number of fused-ring (bicyclic) bond motifs is 1. The topological polar surface area (TPSA) is 9.23 Å². The largest absolute Gasteiger partial charge is 0.573 e. The first-order chi connectivity index (χ1) is 7.46. The van der Waals surface area contributed by atoms with Gasteiger partial charge in [-0.2, -0.15) is 0 Å². The summed E-state index contributed by atoms with van der Waals surface area (Å²) in [5.74, 6) is -0.189. The normalized spacial score (nSPS) is 11.8. The summed E-state index contributed by atoms with van der Waals surface area (Å²) in [5, 5.41) is 1.12. The Bertz CT molecular complexity index is 522. The van der Waals surface area contributed by atoms with Gasteiger partial charge < -0.3 is 4.74 Å². The molecule has 0 aliphatic carbocycles. The standard InChI is InChI=1S/C11H6BrF3O/c12-8-5-4-7-2-1-3-10(9(7)6-8)16-11(13,14)15/h1-6H. The van der Waals surface area contributed by atoms with Gasteiger partial charge in [0.25, 0.3) is 0 Å². The first-order valence-electron chi connectivity index (χ1n) is 4.40. The van der Waals surface area contributed by atoms with Crippen LogP contribution in [0.5, 0.6) is 5.75 Å². The predicted molar refractivity (Wildman–Crippen MR) is 58.3 cm³/mol. The van der Waals surface area contributed by atoms with Crippen LogP contribution in [0.25, 0.3) is 10.8 Å². The minimum atomic E-state index is -4.67. The van der Waals surface area contributed by atoms with Crippen LogP contribution in [0.4, 0.5) is 13.2 Å². The van der Waals surface area contributed by atoms with Crippen molar-refractivity contribution in [2.75, 3.05) is 0 Å². The van der Waals surface area contributed by atoms with Crippen molar-refractivity contribution < 1.29 is 17.9 Å². The predicted octanol–water partition coefficient (Wildman–Crippen LogP) is 4.50. The first kappa shape index (κ1) is 11.3. The molecule has 2 rings (SSSR count). The Balaban J connectivity index is 2.56. The fourth-order valence-corrected chi connectivity index (χ4v) is 1.79. The maximum atomic E-state index is 12.1. The molecule has 16 heavy (non-hydrogen) atoms. The Kier molecular flexibility index (Phi) is 2.80. The molecular weight excluding hydrogens is 285 g/mol. The lowest BCUT2D eigenvalue weighted by molar-refractivity contribution is -0.274. The molecule has 0 amide bonds. The van der Waals surface area contributed by atoms with Crippen molar-refractivity contribution in [3.8, 4) is 5.75 Å². The minimum absolute atomic E-state index is 0.189. The molecule has 0 atom stereocenters. The van der Waals surface area contributed by atoms with Crippen molar-refractivity contribution in [2.24, 2.45) is 0 Å². The minimum Gasteiger partial charge on any atom is -0.405 e. The average Bonchev–Trinajstić information content (AvgIpc) is 2.17. The monoisotopic (exact) mass is 290 g/mol. The van der Waals surface area contributed by atoms with Crippen molar-refractivity contribution >= 4 is 26.7 Å². The molecule has 2 aromatic rings. The summed E-state index contributed by atoms with van der Waals surface area (Å²) in [4.78, 5) is 0. The molecule has 0 saturated carbocycles. The molecule has 0 fully saturated rings. The van der Waals surface area contributed by atoms with Gasteiger partial charge in [-0.05, 0) is 23.6 Å². The van der Waals surface area contributed by atoms with E-state index in [0.29, 0.717) is 15.2 Å². The number of rotatable bonds is 1. The third kappa shape index (κ3) is 2.47. The Morgan fingerprint density at radius 2 is 1.81 bits per heavy atom. The summed E-state index contributed by atoms with van der Waals surface area (Å²) in [7, 11) is 0. The van der Waals surface area contributed by atoms with Gasteiger partial charge in [-0.3, -0.25) is 0 Å². The number of alkyl halides is 3. The molecule has 2 aromatic carbocycles. The van der Waals surface area contributed by atoms with E-state index in [1.54, 1.807) is 24.3 Å². The van der Waals surface area contributed by atoms with E-state index in [0.717, 1.165) is 0 Å². The van der Waals surface area contributed by atoms with Crippen LogP contribution < -0.4 is 4.74 Å². The molecule has 0 spiro atoms. The van der Waals surface area contributed by atoms with Crippen LogP contribution in [0, 0.1) is 0 Å². The van der Waals surface area contributed by atoms with Crippen LogP contribution in [0.15, 0.2) is 40.9 Å². The smallest absolute Gasteiger partial charge is 0.405 e.